The molecule has 2 rings (SSSR count). The Labute approximate surface area is 149 Å². The van der Waals surface area contributed by atoms with Crippen LogP contribution in [0.2, 0.25) is 0 Å². The van der Waals surface area contributed by atoms with E-state index in [1.54, 1.807) is 14.0 Å². The van der Waals surface area contributed by atoms with Gasteiger partial charge in [-0.25, -0.2) is 4.79 Å². The summed E-state index contributed by atoms with van der Waals surface area (Å²) in [5, 5.41) is 0. The maximum Gasteiger partial charge on any atom is 0.350 e. The SMILES string of the molecule is CCOC(=O)C1(OC(=O)Cc2c(C)cccc2C)CCCC(OC)C1. The Morgan fingerprint density at radius 1 is 1.24 bits per heavy atom. The second kappa shape index (κ2) is 8.48. The lowest BCUT2D eigenvalue weighted by atomic mass is 9.82. The molecule has 0 saturated heterocycles. The number of rotatable bonds is 6. The molecule has 1 saturated carbocycles. The second-order valence-electron chi connectivity index (χ2n) is 6.69. The average molecular weight is 348 g/mol. The van der Waals surface area contributed by atoms with Crippen LogP contribution in [-0.2, 0) is 30.2 Å². The highest BCUT2D eigenvalue weighted by Gasteiger charge is 2.48. The van der Waals surface area contributed by atoms with Crippen LogP contribution in [0.4, 0.5) is 0 Å². The predicted molar refractivity (Wildman–Crippen MR) is 94.3 cm³/mol. The number of aryl methyl sites for hydroxylation is 2. The van der Waals surface area contributed by atoms with Gasteiger partial charge in [0, 0.05) is 13.5 Å². The molecule has 25 heavy (non-hydrogen) atoms. The first-order chi connectivity index (χ1) is 11.9. The number of carbonyl (C=O) groups is 2. The number of carbonyl (C=O) groups excluding carboxylic acids is 2. The summed E-state index contributed by atoms with van der Waals surface area (Å²) >= 11 is 0. The molecule has 0 radical (unpaired) electrons. The van der Waals surface area contributed by atoms with Crippen molar-refractivity contribution < 1.29 is 23.8 Å². The van der Waals surface area contributed by atoms with Crippen molar-refractivity contribution in [1.82, 2.24) is 0 Å². The molecule has 0 heterocycles. The molecule has 5 heteroatoms. The number of ether oxygens (including phenoxy) is 3. The maximum atomic E-state index is 12.6. The van der Waals surface area contributed by atoms with Crippen LogP contribution < -0.4 is 0 Å². The Hall–Kier alpha value is -1.88. The molecule has 2 unspecified atom stereocenters. The van der Waals surface area contributed by atoms with E-state index in [4.69, 9.17) is 14.2 Å². The van der Waals surface area contributed by atoms with Crippen molar-refractivity contribution in [1.29, 1.82) is 0 Å². The summed E-state index contributed by atoms with van der Waals surface area (Å²) in [6.07, 6.45) is 2.48. The van der Waals surface area contributed by atoms with Gasteiger partial charge in [0.25, 0.3) is 0 Å². The lowest BCUT2D eigenvalue weighted by molar-refractivity contribution is -0.191. The Bertz CT molecular complexity index is 604. The highest BCUT2D eigenvalue weighted by molar-refractivity contribution is 5.84. The Morgan fingerprint density at radius 2 is 1.92 bits per heavy atom. The third-order valence-electron chi connectivity index (χ3n) is 4.92. The fraction of sp³-hybridized carbons (Fsp3) is 0.600. The highest BCUT2D eigenvalue weighted by atomic mass is 16.6. The van der Waals surface area contributed by atoms with Crippen molar-refractivity contribution in [3.8, 4) is 0 Å². The lowest BCUT2D eigenvalue weighted by Crippen LogP contribution is -2.50. The van der Waals surface area contributed by atoms with Gasteiger partial charge in [-0.15, -0.1) is 0 Å². The molecule has 0 N–H and O–H groups in total. The van der Waals surface area contributed by atoms with Crippen LogP contribution in [0.5, 0.6) is 0 Å². The average Bonchev–Trinajstić information content (AvgIpc) is 2.58. The molecular formula is C20H28O5. The van der Waals surface area contributed by atoms with E-state index in [1.165, 1.54) is 0 Å². The Kier molecular flexibility index (Phi) is 6.59. The van der Waals surface area contributed by atoms with E-state index < -0.39 is 17.5 Å². The van der Waals surface area contributed by atoms with Gasteiger partial charge in [-0.2, -0.15) is 0 Å². The normalized spacial score (nSPS) is 23.1. The summed E-state index contributed by atoms with van der Waals surface area (Å²) in [6, 6.07) is 5.90. The van der Waals surface area contributed by atoms with Crippen LogP contribution in [0.15, 0.2) is 18.2 Å². The van der Waals surface area contributed by atoms with E-state index in [2.05, 4.69) is 0 Å². The molecule has 0 aromatic heterocycles. The van der Waals surface area contributed by atoms with E-state index in [1.807, 2.05) is 32.0 Å². The monoisotopic (exact) mass is 348 g/mol. The smallest absolute Gasteiger partial charge is 0.350 e. The third kappa shape index (κ3) is 4.60. The first kappa shape index (κ1) is 19.4. The summed E-state index contributed by atoms with van der Waals surface area (Å²) < 4.78 is 16.4. The molecule has 138 valence electrons. The summed E-state index contributed by atoms with van der Waals surface area (Å²) in [7, 11) is 1.62. The molecule has 0 bridgehead atoms. The van der Waals surface area contributed by atoms with Crippen molar-refractivity contribution >= 4 is 11.9 Å². The zero-order valence-corrected chi connectivity index (χ0v) is 15.6. The Balaban J connectivity index is 2.18. The van der Waals surface area contributed by atoms with Gasteiger partial charge in [0.2, 0.25) is 5.60 Å². The zero-order valence-electron chi connectivity index (χ0n) is 15.6. The Morgan fingerprint density at radius 3 is 2.52 bits per heavy atom. The van der Waals surface area contributed by atoms with E-state index in [0.29, 0.717) is 12.8 Å². The maximum absolute atomic E-state index is 12.6. The van der Waals surface area contributed by atoms with Gasteiger partial charge in [0.15, 0.2) is 0 Å². The minimum Gasteiger partial charge on any atom is -0.463 e. The quantitative estimate of drug-likeness (QED) is 0.738. The van der Waals surface area contributed by atoms with Gasteiger partial charge in [-0.3, -0.25) is 4.79 Å². The van der Waals surface area contributed by atoms with Crippen molar-refractivity contribution in [3.05, 3.63) is 34.9 Å². The lowest BCUT2D eigenvalue weighted by Gasteiger charge is -2.37. The summed E-state index contributed by atoms with van der Waals surface area (Å²) in [6.45, 7) is 5.95. The van der Waals surface area contributed by atoms with Gasteiger partial charge in [0.1, 0.15) is 0 Å². The fourth-order valence-electron chi connectivity index (χ4n) is 3.50. The number of esters is 2. The number of benzene rings is 1. The van der Waals surface area contributed by atoms with Gasteiger partial charge < -0.3 is 14.2 Å². The number of methoxy groups -OCH3 is 1. The summed E-state index contributed by atoms with van der Waals surface area (Å²) in [5.74, 6) is -0.867. The van der Waals surface area contributed by atoms with E-state index in [9.17, 15) is 9.59 Å². The molecule has 1 aliphatic rings. The topological polar surface area (TPSA) is 61.8 Å². The molecule has 1 aromatic rings. The van der Waals surface area contributed by atoms with Crippen LogP contribution in [-0.4, -0.2) is 37.4 Å². The third-order valence-corrected chi connectivity index (χ3v) is 4.92. The van der Waals surface area contributed by atoms with Gasteiger partial charge in [-0.1, -0.05) is 18.2 Å². The fourth-order valence-corrected chi connectivity index (χ4v) is 3.50. The minimum absolute atomic E-state index is 0.105. The van der Waals surface area contributed by atoms with Crippen molar-refractivity contribution in [2.24, 2.45) is 0 Å². The van der Waals surface area contributed by atoms with Gasteiger partial charge >= 0.3 is 11.9 Å². The second-order valence-corrected chi connectivity index (χ2v) is 6.69. The molecule has 0 amide bonds. The summed E-state index contributed by atoms with van der Waals surface area (Å²) in [5.41, 5.74) is 1.80. The standard InChI is InChI=1S/C20H28O5/c1-5-24-19(22)20(11-7-10-16(13-20)23-4)25-18(21)12-17-14(2)8-6-9-15(17)3/h6,8-9,16H,5,7,10-13H2,1-4H3. The molecule has 1 fully saturated rings. The number of hydrogen-bond acceptors (Lipinski definition) is 5. The molecule has 0 spiro atoms. The van der Waals surface area contributed by atoms with Crippen molar-refractivity contribution in [2.75, 3.05) is 13.7 Å². The van der Waals surface area contributed by atoms with Gasteiger partial charge in [0.05, 0.1) is 19.1 Å². The predicted octanol–water partition coefficient (Wildman–Crippen LogP) is 3.28. The van der Waals surface area contributed by atoms with Crippen molar-refractivity contribution in [3.63, 3.8) is 0 Å². The molecule has 1 aromatic carbocycles. The largest absolute Gasteiger partial charge is 0.463 e. The van der Waals surface area contributed by atoms with Crippen molar-refractivity contribution in [2.45, 2.75) is 64.6 Å². The van der Waals surface area contributed by atoms with E-state index in [0.717, 1.165) is 29.5 Å². The van der Waals surface area contributed by atoms with Crippen LogP contribution in [0.25, 0.3) is 0 Å². The first-order valence-corrected chi connectivity index (χ1v) is 8.89. The number of hydrogen-bond donors (Lipinski definition) is 0. The van der Waals surface area contributed by atoms with Gasteiger partial charge in [-0.05, 0) is 56.7 Å². The highest BCUT2D eigenvalue weighted by Crippen LogP contribution is 2.35. The first-order valence-electron chi connectivity index (χ1n) is 8.89. The molecule has 0 aliphatic heterocycles. The zero-order chi connectivity index (χ0) is 18.4. The van der Waals surface area contributed by atoms with Crippen LogP contribution in [0.3, 0.4) is 0 Å². The van der Waals surface area contributed by atoms with E-state index >= 15 is 0 Å². The van der Waals surface area contributed by atoms with Crippen LogP contribution in [0.1, 0.15) is 49.3 Å². The van der Waals surface area contributed by atoms with E-state index in [-0.39, 0.29) is 19.1 Å². The molecule has 5 nitrogen and oxygen atoms in total. The molecule has 2 atom stereocenters. The van der Waals surface area contributed by atoms with Crippen LogP contribution in [0, 0.1) is 13.8 Å². The van der Waals surface area contributed by atoms with Crippen LogP contribution >= 0.6 is 0 Å². The molecule has 1 aliphatic carbocycles. The molecular weight excluding hydrogens is 320 g/mol. The summed E-state index contributed by atoms with van der Waals surface area (Å²) in [4.78, 5) is 25.2. The minimum atomic E-state index is -1.23.